The van der Waals surface area contributed by atoms with Gasteiger partial charge in [-0.3, -0.25) is 9.48 Å². The van der Waals surface area contributed by atoms with Gasteiger partial charge >= 0.3 is 0 Å². The Morgan fingerprint density at radius 2 is 2.39 bits per heavy atom. The van der Waals surface area contributed by atoms with Gasteiger partial charge in [0.2, 0.25) is 5.88 Å². The lowest BCUT2D eigenvalue weighted by Crippen LogP contribution is -2.32. The lowest BCUT2D eigenvalue weighted by molar-refractivity contribution is 0.0944. The van der Waals surface area contributed by atoms with E-state index >= 15 is 0 Å². The minimum atomic E-state index is -0.197. The number of nitrogens with zero attached hydrogens (tertiary/aromatic N) is 3. The van der Waals surface area contributed by atoms with Gasteiger partial charge in [-0.1, -0.05) is 6.07 Å². The topological polar surface area (TPSA) is 81.1 Å². The monoisotopic (exact) mass is 315 g/mol. The van der Waals surface area contributed by atoms with E-state index in [-0.39, 0.29) is 5.91 Å². The summed E-state index contributed by atoms with van der Waals surface area (Å²) < 4.78 is 6.95. The van der Waals surface area contributed by atoms with Crippen molar-refractivity contribution in [2.75, 3.05) is 20.2 Å². The van der Waals surface area contributed by atoms with Crippen LogP contribution in [-0.2, 0) is 6.54 Å². The predicted octanol–water partition coefficient (Wildman–Crippen LogP) is 1.14. The molecule has 0 aliphatic carbocycles. The number of nitrogens with one attached hydrogen (secondary N) is 2. The van der Waals surface area contributed by atoms with Crippen molar-refractivity contribution < 1.29 is 9.53 Å². The van der Waals surface area contributed by atoms with Crippen molar-refractivity contribution in [2.45, 2.75) is 25.4 Å². The van der Waals surface area contributed by atoms with Crippen molar-refractivity contribution in [2.24, 2.45) is 0 Å². The van der Waals surface area contributed by atoms with E-state index in [1.807, 2.05) is 23.0 Å². The molecule has 7 nitrogen and oxygen atoms in total. The molecule has 0 radical (unpaired) electrons. The number of aromatic nitrogens is 3. The van der Waals surface area contributed by atoms with Gasteiger partial charge in [0.1, 0.15) is 5.69 Å². The minimum absolute atomic E-state index is 0.197. The largest absolute Gasteiger partial charge is 0.481 e. The van der Waals surface area contributed by atoms with Crippen molar-refractivity contribution in [1.82, 2.24) is 25.4 Å². The van der Waals surface area contributed by atoms with Gasteiger partial charge in [0.05, 0.1) is 25.4 Å². The van der Waals surface area contributed by atoms with Gasteiger partial charge in [0, 0.05) is 18.8 Å². The Morgan fingerprint density at radius 3 is 3.17 bits per heavy atom. The van der Waals surface area contributed by atoms with Crippen molar-refractivity contribution in [3.63, 3.8) is 0 Å². The fourth-order valence-corrected chi connectivity index (χ4v) is 2.65. The smallest absolute Gasteiger partial charge is 0.272 e. The number of pyridine rings is 1. The van der Waals surface area contributed by atoms with Crippen LogP contribution in [0.5, 0.6) is 5.88 Å². The number of hydrogen-bond acceptors (Lipinski definition) is 5. The van der Waals surface area contributed by atoms with E-state index in [1.54, 1.807) is 19.2 Å². The van der Waals surface area contributed by atoms with Gasteiger partial charge in [-0.2, -0.15) is 5.10 Å². The molecule has 1 unspecified atom stereocenters. The van der Waals surface area contributed by atoms with Crippen molar-refractivity contribution in [1.29, 1.82) is 0 Å². The third kappa shape index (κ3) is 3.87. The van der Waals surface area contributed by atoms with Crippen LogP contribution in [0, 0.1) is 0 Å². The van der Waals surface area contributed by atoms with Crippen LogP contribution >= 0.6 is 0 Å². The highest BCUT2D eigenvalue weighted by Crippen LogP contribution is 2.15. The first-order valence-electron chi connectivity index (χ1n) is 7.80. The van der Waals surface area contributed by atoms with Crippen molar-refractivity contribution >= 4 is 5.91 Å². The zero-order valence-corrected chi connectivity index (χ0v) is 13.2. The molecule has 1 atom stereocenters. The summed E-state index contributed by atoms with van der Waals surface area (Å²) in [4.78, 5) is 16.5. The van der Waals surface area contributed by atoms with E-state index < -0.39 is 0 Å². The summed E-state index contributed by atoms with van der Waals surface area (Å²) in [6.07, 6.45) is 4.09. The zero-order chi connectivity index (χ0) is 16.1. The third-order valence-electron chi connectivity index (χ3n) is 3.91. The molecule has 2 aromatic rings. The highest BCUT2D eigenvalue weighted by atomic mass is 16.5. The number of methoxy groups -OCH3 is 1. The van der Waals surface area contributed by atoms with Crippen molar-refractivity contribution in [3.05, 3.63) is 41.9 Å². The Bertz CT molecular complexity index is 664. The fourth-order valence-electron chi connectivity index (χ4n) is 2.65. The fraction of sp³-hybridized carbons (Fsp3) is 0.438. The molecule has 2 aromatic heterocycles. The first-order chi connectivity index (χ1) is 11.3. The number of piperidine rings is 1. The molecule has 0 aromatic carbocycles. The molecule has 23 heavy (non-hydrogen) atoms. The number of carbonyl (C=O) groups is 1. The maximum absolute atomic E-state index is 12.2. The van der Waals surface area contributed by atoms with E-state index in [0.29, 0.717) is 24.2 Å². The first-order valence-corrected chi connectivity index (χ1v) is 7.80. The summed E-state index contributed by atoms with van der Waals surface area (Å²) in [5.41, 5.74) is 1.17. The van der Waals surface area contributed by atoms with Gasteiger partial charge in [0.25, 0.3) is 5.91 Å². The summed E-state index contributed by atoms with van der Waals surface area (Å²) in [5, 5.41) is 10.6. The predicted molar refractivity (Wildman–Crippen MR) is 85.3 cm³/mol. The molecule has 1 aliphatic heterocycles. The number of rotatable bonds is 5. The summed E-state index contributed by atoms with van der Waals surface area (Å²) in [7, 11) is 1.57. The third-order valence-corrected chi connectivity index (χ3v) is 3.91. The molecule has 0 spiro atoms. The van der Waals surface area contributed by atoms with Crippen LogP contribution in [0.3, 0.4) is 0 Å². The number of amides is 1. The Balaban J connectivity index is 1.58. The van der Waals surface area contributed by atoms with Gasteiger partial charge in [-0.15, -0.1) is 0 Å². The van der Waals surface area contributed by atoms with Gasteiger partial charge < -0.3 is 15.4 Å². The molecule has 0 bridgehead atoms. The highest BCUT2D eigenvalue weighted by Gasteiger charge is 2.17. The molecule has 1 saturated heterocycles. The minimum Gasteiger partial charge on any atom is -0.481 e. The van der Waals surface area contributed by atoms with Crippen LogP contribution in [0.4, 0.5) is 0 Å². The van der Waals surface area contributed by atoms with E-state index in [1.165, 1.54) is 0 Å². The van der Waals surface area contributed by atoms with E-state index in [2.05, 4.69) is 20.7 Å². The normalized spacial score (nSPS) is 17.7. The molecular formula is C16H21N5O2. The molecule has 3 rings (SSSR count). The SMILES string of the molecule is COc1cccc(CNC(=O)c2ccn(C3CCCNC3)n2)n1. The van der Waals surface area contributed by atoms with Crippen LogP contribution in [0.1, 0.15) is 35.1 Å². The average molecular weight is 315 g/mol. The molecule has 1 aliphatic rings. The molecule has 7 heteroatoms. The second-order valence-corrected chi connectivity index (χ2v) is 5.54. The quantitative estimate of drug-likeness (QED) is 0.865. The maximum atomic E-state index is 12.2. The van der Waals surface area contributed by atoms with Gasteiger partial charge in [0.15, 0.2) is 0 Å². The molecule has 1 amide bonds. The maximum Gasteiger partial charge on any atom is 0.272 e. The second-order valence-electron chi connectivity index (χ2n) is 5.54. The van der Waals surface area contributed by atoms with Gasteiger partial charge in [-0.05, 0) is 31.5 Å². The first kappa shape index (κ1) is 15.5. The summed E-state index contributed by atoms with van der Waals surface area (Å²) in [5.74, 6) is 0.336. The van der Waals surface area contributed by atoms with Crippen LogP contribution in [0.15, 0.2) is 30.5 Å². The van der Waals surface area contributed by atoms with Crippen LogP contribution in [-0.4, -0.2) is 40.9 Å². The summed E-state index contributed by atoms with van der Waals surface area (Å²) in [6, 6.07) is 7.53. The highest BCUT2D eigenvalue weighted by molar-refractivity contribution is 5.92. The van der Waals surface area contributed by atoms with E-state index in [0.717, 1.165) is 31.6 Å². The summed E-state index contributed by atoms with van der Waals surface area (Å²) in [6.45, 7) is 2.29. The van der Waals surface area contributed by atoms with E-state index in [4.69, 9.17) is 4.74 Å². The number of hydrogen-bond donors (Lipinski definition) is 2. The van der Waals surface area contributed by atoms with Gasteiger partial charge in [-0.25, -0.2) is 4.98 Å². The van der Waals surface area contributed by atoms with Crippen molar-refractivity contribution in [3.8, 4) is 5.88 Å². The molecule has 122 valence electrons. The summed E-state index contributed by atoms with van der Waals surface area (Å²) >= 11 is 0. The lowest BCUT2D eigenvalue weighted by Gasteiger charge is -2.22. The second kappa shape index (κ2) is 7.23. The zero-order valence-electron chi connectivity index (χ0n) is 13.2. The molecule has 1 fully saturated rings. The average Bonchev–Trinajstić information content (AvgIpc) is 3.11. The standard InChI is InChI=1S/C16H21N5O2/c1-23-15-6-2-4-12(19-15)10-18-16(22)14-7-9-21(20-14)13-5-3-8-17-11-13/h2,4,6-7,9,13,17H,3,5,8,10-11H2,1H3,(H,18,22). The lowest BCUT2D eigenvalue weighted by atomic mass is 10.1. The Labute approximate surface area is 135 Å². The van der Waals surface area contributed by atoms with E-state index in [9.17, 15) is 4.79 Å². The Morgan fingerprint density at radius 1 is 1.48 bits per heavy atom. The molecular weight excluding hydrogens is 294 g/mol. The number of carbonyl (C=O) groups excluding carboxylic acids is 1. The molecule has 0 saturated carbocycles. The van der Waals surface area contributed by atoms with Crippen LogP contribution in [0.25, 0.3) is 0 Å². The van der Waals surface area contributed by atoms with Crippen LogP contribution < -0.4 is 15.4 Å². The Kier molecular flexibility index (Phi) is 4.87. The van der Waals surface area contributed by atoms with Crippen LogP contribution in [0.2, 0.25) is 0 Å². The molecule has 2 N–H and O–H groups in total. The molecule has 3 heterocycles. The number of ether oxygens (including phenoxy) is 1. The Hall–Kier alpha value is -2.41.